The number of hydrogen-bond donors (Lipinski definition) is 2. The minimum absolute atomic E-state index is 0.221. The van der Waals surface area contributed by atoms with Gasteiger partial charge in [-0.05, 0) is 13.0 Å². The van der Waals surface area contributed by atoms with Gasteiger partial charge in [-0.25, -0.2) is 4.98 Å². The second-order valence-electron chi connectivity index (χ2n) is 5.58. The predicted octanol–water partition coefficient (Wildman–Crippen LogP) is 2.34. The van der Waals surface area contributed by atoms with Gasteiger partial charge in [0.25, 0.3) is 5.91 Å². The van der Waals surface area contributed by atoms with Crippen molar-refractivity contribution in [2.45, 2.75) is 39.2 Å². The second-order valence-corrected chi connectivity index (χ2v) is 6.47. The quantitative estimate of drug-likeness (QED) is 0.813. The van der Waals surface area contributed by atoms with Crippen LogP contribution in [0.25, 0.3) is 0 Å². The lowest BCUT2D eigenvalue weighted by Crippen LogP contribution is -2.45. The van der Waals surface area contributed by atoms with Gasteiger partial charge in [-0.15, -0.1) is 11.3 Å². The van der Waals surface area contributed by atoms with Crippen LogP contribution in [0.4, 0.5) is 0 Å². The third-order valence-corrected chi connectivity index (χ3v) is 4.46. The summed E-state index contributed by atoms with van der Waals surface area (Å²) in [6.07, 6.45) is 3.44. The first-order valence-corrected chi connectivity index (χ1v) is 8.40. The summed E-state index contributed by atoms with van der Waals surface area (Å²) >= 11 is 1.64. The van der Waals surface area contributed by atoms with Crippen LogP contribution in [0.2, 0.25) is 0 Å². The van der Waals surface area contributed by atoms with E-state index in [9.17, 15) is 9.59 Å². The van der Waals surface area contributed by atoms with Crippen LogP contribution >= 0.6 is 11.3 Å². The SMILES string of the molecule is CC(NC(=O)c1ccoc1)C(=O)NCCc1csc(C(C)C)n1. The van der Waals surface area contributed by atoms with E-state index in [1.54, 1.807) is 24.3 Å². The minimum atomic E-state index is -0.612. The van der Waals surface area contributed by atoms with Crippen molar-refractivity contribution in [3.63, 3.8) is 0 Å². The number of aromatic nitrogens is 1. The molecule has 0 aromatic carbocycles. The number of carbonyl (C=O) groups is 2. The highest BCUT2D eigenvalue weighted by molar-refractivity contribution is 7.09. The van der Waals surface area contributed by atoms with Crippen LogP contribution < -0.4 is 10.6 Å². The van der Waals surface area contributed by atoms with Gasteiger partial charge in [-0.2, -0.15) is 0 Å². The van der Waals surface area contributed by atoms with Crippen LogP contribution in [0.1, 0.15) is 47.7 Å². The van der Waals surface area contributed by atoms with Crippen molar-refractivity contribution < 1.29 is 14.0 Å². The molecule has 6 nitrogen and oxygen atoms in total. The maximum atomic E-state index is 12.0. The van der Waals surface area contributed by atoms with Gasteiger partial charge in [0.05, 0.1) is 22.5 Å². The number of hydrogen-bond acceptors (Lipinski definition) is 5. The van der Waals surface area contributed by atoms with Crippen molar-refractivity contribution >= 4 is 23.2 Å². The molecule has 7 heteroatoms. The molecule has 2 rings (SSSR count). The fourth-order valence-electron chi connectivity index (χ4n) is 1.91. The zero-order valence-electron chi connectivity index (χ0n) is 13.5. The van der Waals surface area contributed by atoms with Crippen LogP contribution in [-0.4, -0.2) is 29.4 Å². The molecule has 2 aromatic rings. The number of carbonyl (C=O) groups excluding carboxylic acids is 2. The van der Waals surface area contributed by atoms with Crippen molar-refractivity contribution in [3.05, 3.63) is 40.2 Å². The zero-order valence-corrected chi connectivity index (χ0v) is 14.3. The Kier molecular flexibility index (Phi) is 5.92. The molecule has 0 aliphatic heterocycles. The Morgan fingerprint density at radius 2 is 2.13 bits per heavy atom. The van der Waals surface area contributed by atoms with Crippen molar-refractivity contribution in [3.8, 4) is 0 Å². The van der Waals surface area contributed by atoms with E-state index >= 15 is 0 Å². The van der Waals surface area contributed by atoms with E-state index in [4.69, 9.17) is 4.42 Å². The lowest BCUT2D eigenvalue weighted by Gasteiger charge is -2.13. The zero-order chi connectivity index (χ0) is 16.8. The van der Waals surface area contributed by atoms with Gasteiger partial charge in [0, 0.05) is 24.3 Å². The molecule has 0 saturated carbocycles. The van der Waals surface area contributed by atoms with Crippen molar-refractivity contribution in [2.24, 2.45) is 0 Å². The third-order valence-electron chi connectivity index (χ3n) is 3.27. The molecule has 0 spiro atoms. The Balaban J connectivity index is 1.74. The molecule has 2 N–H and O–H groups in total. The highest BCUT2D eigenvalue weighted by Crippen LogP contribution is 2.19. The van der Waals surface area contributed by atoms with E-state index in [1.165, 1.54) is 12.5 Å². The van der Waals surface area contributed by atoms with Crippen LogP contribution in [0.3, 0.4) is 0 Å². The molecule has 2 heterocycles. The Morgan fingerprint density at radius 3 is 2.74 bits per heavy atom. The maximum absolute atomic E-state index is 12.0. The van der Waals surface area contributed by atoms with Gasteiger partial charge in [0.2, 0.25) is 5.91 Å². The summed E-state index contributed by atoms with van der Waals surface area (Å²) in [6, 6.07) is 0.938. The maximum Gasteiger partial charge on any atom is 0.255 e. The Bertz CT molecular complexity index is 649. The molecule has 0 bridgehead atoms. The highest BCUT2D eigenvalue weighted by Gasteiger charge is 2.17. The standard InChI is InChI=1S/C16H21N3O3S/c1-10(2)16-19-13(9-23-16)4-6-17-14(20)11(3)18-15(21)12-5-7-22-8-12/h5,7-11H,4,6H2,1-3H3,(H,17,20)(H,18,21). The fraction of sp³-hybridized carbons (Fsp3) is 0.438. The fourth-order valence-corrected chi connectivity index (χ4v) is 2.78. The van der Waals surface area contributed by atoms with Crippen LogP contribution in [0, 0.1) is 0 Å². The summed E-state index contributed by atoms with van der Waals surface area (Å²) in [5.74, 6) is -0.134. The van der Waals surface area contributed by atoms with E-state index in [0.29, 0.717) is 24.4 Å². The van der Waals surface area contributed by atoms with Gasteiger partial charge < -0.3 is 15.1 Å². The average molecular weight is 335 g/mol. The third kappa shape index (κ3) is 4.92. The van der Waals surface area contributed by atoms with Crippen molar-refractivity contribution in [2.75, 3.05) is 6.54 Å². The van der Waals surface area contributed by atoms with Crippen LogP contribution in [0.15, 0.2) is 28.4 Å². The van der Waals surface area contributed by atoms with Gasteiger partial charge in [-0.3, -0.25) is 9.59 Å². The normalized spacial score (nSPS) is 12.2. The molecule has 0 aliphatic carbocycles. The van der Waals surface area contributed by atoms with Gasteiger partial charge in [0.15, 0.2) is 0 Å². The minimum Gasteiger partial charge on any atom is -0.472 e. The Hall–Kier alpha value is -2.15. The molecule has 1 atom stereocenters. The van der Waals surface area contributed by atoms with Crippen LogP contribution in [0.5, 0.6) is 0 Å². The summed E-state index contributed by atoms with van der Waals surface area (Å²) in [6.45, 7) is 6.35. The highest BCUT2D eigenvalue weighted by atomic mass is 32.1. The second kappa shape index (κ2) is 7.92. The lowest BCUT2D eigenvalue weighted by molar-refractivity contribution is -0.122. The molecule has 23 heavy (non-hydrogen) atoms. The summed E-state index contributed by atoms with van der Waals surface area (Å²) in [5.41, 5.74) is 1.38. The number of nitrogens with zero attached hydrogens (tertiary/aromatic N) is 1. The van der Waals surface area contributed by atoms with E-state index in [-0.39, 0.29) is 11.8 Å². The molecule has 2 aromatic heterocycles. The first kappa shape index (κ1) is 17.2. The largest absolute Gasteiger partial charge is 0.472 e. The molecule has 2 amide bonds. The molecular formula is C16H21N3O3S. The molecule has 0 saturated heterocycles. The Labute approximate surface area is 139 Å². The lowest BCUT2D eigenvalue weighted by atomic mass is 10.2. The molecule has 1 unspecified atom stereocenters. The summed E-state index contributed by atoms with van der Waals surface area (Å²) in [5, 5.41) is 8.56. The van der Waals surface area contributed by atoms with E-state index in [1.807, 2.05) is 5.38 Å². The number of furan rings is 1. The van der Waals surface area contributed by atoms with Gasteiger partial charge in [-0.1, -0.05) is 13.8 Å². The van der Waals surface area contributed by atoms with Gasteiger partial charge in [0.1, 0.15) is 12.3 Å². The number of amides is 2. The van der Waals surface area contributed by atoms with Crippen molar-refractivity contribution in [1.29, 1.82) is 0 Å². The van der Waals surface area contributed by atoms with Crippen molar-refractivity contribution in [1.82, 2.24) is 15.6 Å². The first-order chi connectivity index (χ1) is 11.0. The molecule has 0 aliphatic rings. The molecule has 124 valence electrons. The summed E-state index contributed by atoms with van der Waals surface area (Å²) in [4.78, 5) is 28.3. The van der Waals surface area contributed by atoms with E-state index < -0.39 is 6.04 Å². The molecule has 0 fully saturated rings. The van der Waals surface area contributed by atoms with Crippen LogP contribution in [-0.2, 0) is 11.2 Å². The smallest absolute Gasteiger partial charge is 0.255 e. The Morgan fingerprint density at radius 1 is 1.35 bits per heavy atom. The topological polar surface area (TPSA) is 84.2 Å². The molecule has 0 radical (unpaired) electrons. The predicted molar refractivity (Wildman–Crippen MR) is 88.6 cm³/mol. The first-order valence-electron chi connectivity index (χ1n) is 7.52. The summed E-state index contributed by atoms with van der Waals surface area (Å²) in [7, 11) is 0. The van der Waals surface area contributed by atoms with E-state index in [0.717, 1.165) is 10.7 Å². The van der Waals surface area contributed by atoms with E-state index in [2.05, 4.69) is 29.5 Å². The molecular weight excluding hydrogens is 314 g/mol. The number of nitrogens with one attached hydrogen (secondary N) is 2. The average Bonchev–Trinajstić information content (AvgIpc) is 3.18. The number of thiazole rings is 1. The van der Waals surface area contributed by atoms with Gasteiger partial charge >= 0.3 is 0 Å². The monoisotopic (exact) mass is 335 g/mol. The summed E-state index contributed by atoms with van der Waals surface area (Å²) < 4.78 is 4.84. The number of rotatable bonds is 7.